The Kier molecular flexibility index (Phi) is 4.81. The molecule has 0 atom stereocenters. The first-order valence-electron chi connectivity index (χ1n) is 7.27. The smallest absolute Gasteiger partial charge is 0.125 e. The molecule has 0 saturated carbocycles. The Morgan fingerprint density at radius 1 is 1.26 bits per heavy atom. The first-order chi connectivity index (χ1) is 9.05. The molecule has 0 radical (unpaired) electrons. The van der Waals surface area contributed by atoms with E-state index in [0.717, 1.165) is 18.8 Å². The normalized spacial score (nSPS) is 19.9. The maximum atomic E-state index is 13.0. The molecule has 3 heteroatoms. The van der Waals surface area contributed by atoms with Crippen molar-refractivity contribution in [3.05, 3.63) is 30.1 Å². The van der Waals surface area contributed by atoms with Gasteiger partial charge in [0.05, 0.1) is 0 Å². The largest absolute Gasteiger partial charge is 0.384 e. The summed E-state index contributed by atoms with van der Waals surface area (Å²) in [5, 5.41) is 3.29. The molecule has 2 rings (SSSR count). The molecule has 0 bridgehead atoms. The third-order valence-electron chi connectivity index (χ3n) is 4.01. The van der Waals surface area contributed by atoms with Crippen LogP contribution in [0.1, 0.15) is 33.1 Å². The van der Waals surface area contributed by atoms with Gasteiger partial charge in [-0.2, -0.15) is 0 Å². The topological polar surface area (TPSA) is 15.3 Å². The van der Waals surface area contributed by atoms with E-state index in [1.807, 2.05) is 6.07 Å². The Hall–Kier alpha value is -1.09. The summed E-state index contributed by atoms with van der Waals surface area (Å²) in [6.45, 7) is 9.01. The quantitative estimate of drug-likeness (QED) is 0.891. The Labute approximate surface area is 116 Å². The predicted molar refractivity (Wildman–Crippen MR) is 79.0 cm³/mol. The molecule has 1 N–H and O–H groups in total. The van der Waals surface area contributed by atoms with Crippen molar-refractivity contribution in [1.82, 2.24) is 4.90 Å². The summed E-state index contributed by atoms with van der Waals surface area (Å²) in [7, 11) is 0. The van der Waals surface area contributed by atoms with Crippen LogP contribution < -0.4 is 5.32 Å². The second-order valence-corrected chi connectivity index (χ2v) is 6.30. The minimum absolute atomic E-state index is 0.179. The van der Waals surface area contributed by atoms with Gasteiger partial charge in [0, 0.05) is 18.8 Å². The highest BCUT2D eigenvalue weighted by molar-refractivity contribution is 5.42. The van der Waals surface area contributed by atoms with Crippen LogP contribution in [0.4, 0.5) is 10.1 Å². The number of hydrogen-bond acceptors (Lipinski definition) is 2. The molecule has 0 spiro atoms. The van der Waals surface area contributed by atoms with Gasteiger partial charge >= 0.3 is 0 Å². The van der Waals surface area contributed by atoms with E-state index in [0.29, 0.717) is 5.41 Å². The fraction of sp³-hybridized carbons (Fsp3) is 0.625. The van der Waals surface area contributed by atoms with E-state index in [2.05, 4.69) is 24.1 Å². The maximum Gasteiger partial charge on any atom is 0.125 e. The lowest BCUT2D eigenvalue weighted by Crippen LogP contribution is -2.30. The van der Waals surface area contributed by atoms with Crippen LogP contribution in [0.5, 0.6) is 0 Å². The van der Waals surface area contributed by atoms with E-state index in [1.165, 1.54) is 38.4 Å². The molecule has 1 aliphatic rings. The molecule has 19 heavy (non-hydrogen) atoms. The van der Waals surface area contributed by atoms with E-state index in [-0.39, 0.29) is 5.82 Å². The summed E-state index contributed by atoms with van der Waals surface area (Å²) in [5.74, 6) is -0.179. The molecule has 1 aliphatic heterocycles. The monoisotopic (exact) mass is 264 g/mol. The summed E-state index contributed by atoms with van der Waals surface area (Å²) >= 11 is 0. The fourth-order valence-corrected chi connectivity index (χ4v) is 2.66. The minimum atomic E-state index is -0.179. The lowest BCUT2D eigenvalue weighted by atomic mass is 9.85. The second-order valence-electron chi connectivity index (χ2n) is 6.30. The molecular weight excluding hydrogens is 239 g/mol. The summed E-state index contributed by atoms with van der Waals surface area (Å²) in [4.78, 5) is 2.51. The van der Waals surface area contributed by atoms with Crippen molar-refractivity contribution in [2.24, 2.45) is 5.41 Å². The van der Waals surface area contributed by atoms with Crippen molar-refractivity contribution in [1.29, 1.82) is 0 Å². The average molecular weight is 264 g/mol. The van der Waals surface area contributed by atoms with Crippen LogP contribution in [-0.2, 0) is 0 Å². The molecule has 0 amide bonds. The molecule has 0 aromatic heterocycles. The molecular formula is C16H25FN2. The van der Waals surface area contributed by atoms with E-state index < -0.39 is 0 Å². The highest BCUT2D eigenvalue weighted by Gasteiger charge is 2.22. The van der Waals surface area contributed by atoms with E-state index in [1.54, 1.807) is 12.1 Å². The molecule has 1 heterocycles. The molecule has 0 aliphatic carbocycles. The highest BCUT2D eigenvalue weighted by atomic mass is 19.1. The number of nitrogens with one attached hydrogen (secondary N) is 1. The average Bonchev–Trinajstić information content (AvgIpc) is 2.51. The first-order valence-corrected chi connectivity index (χ1v) is 7.27. The van der Waals surface area contributed by atoms with Crippen molar-refractivity contribution in [2.45, 2.75) is 33.1 Å². The summed E-state index contributed by atoms with van der Waals surface area (Å²) < 4.78 is 13.0. The fourth-order valence-electron chi connectivity index (χ4n) is 2.66. The second kappa shape index (κ2) is 6.38. The third-order valence-corrected chi connectivity index (χ3v) is 4.01. The van der Waals surface area contributed by atoms with Crippen molar-refractivity contribution in [3.63, 3.8) is 0 Å². The Morgan fingerprint density at radius 3 is 2.89 bits per heavy atom. The molecule has 2 nitrogen and oxygen atoms in total. The van der Waals surface area contributed by atoms with Gasteiger partial charge < -0.3 is 10.2 Å². The van der Waals surface area contributed by atoms with Crippen LogP contribution in [0.25, 0.3) is 0 Å². The Morgan fingerprint density at radius 2 is 2.11 bits per heavy atom. The van der Waals surface area contributed by atoms with Crippen LogP contribution >= 0.6 is 0 Å². The van der Waals surface area contributed by atoms with E-state index in [9.17, 15) is 4.39 Å². The lowest BCUT2D eigenvalue weighted by Gasteiger charge is -2.23. The van der Waals surface area contributed by atoms with Gasteiger partial charge in [0.1, 0.15) is 5.82 Å². The number of halogens is 1. The molecule has 1 aromatic carbocycles. The molecule has 1 saturated heterocycles. The number of likely N-dealkylation sites (tertiary alicyclic amines) is 1. The summed E-state index contributed by atoms with van der Waals surface area (Å²) in [6.07, 6.45) is 3.88. The zero-order valence-corrected chi connectivity index (χ0v) is 12.1. The van der Waals surface area contributed by atoms with Crippen molar-refractivity contribution in [3.8, 4) is 0 Å². The van der Waals surface area contributed by atoms with Crippen LogP contribution in [0.2, 0.25) is 0 Å². The number of rotatable bonds is 4. The van der Waals surface area contributed by atoms with Gasteiger partial charge in [-0.05, 0) is 56.0 Å². The van der Waals surface area contributed by atoms with E-state index in [4.69, 9.17) is 0 Å². The third kappa shape index (κ3) is 4.83. The first kappa shape index (κ1) is 14.3. The van der Waals surface area contributed by atoms with Crippen LogP contribution in [0.15, 0.2) is 24.3 Å². The lowest BCUT2D eigenvalue weighted by molar-refractivity contribution is 0.269. The van der Waals surface area contributed by atoms with Crippen LogP contribution in [0, 0.1) is 11.2 Å². The van der Waals surface area contributed by atoms with Gasteiger partial charge in [0.15, 0.2) is 0 Å². The van der Waals surface area contributed by atoms with E-state index >= 15 is 0 Å². The number of benzene rings is 1. The Balaban J connectivity index is 1.74. The maximum absolute atomic E-state index is 13.0. The zero-order valence-electron chi connectivity index (χ0n) is 12.1. The van der Waals surface area contributed by atoms with Crippen LogP contribution in [0.3, 0.4) is 0 Å². The molecule has 106 valence electrons. The van der Waals surface area contributed by atoms with Crippen LogP contribution in [-0.4, -0.2) is 31.1 Å². The minimum Gasteiger partial charge on any atom is -0.384 e. The molecule has 0 unspecified atom stereocenters. The van der Waals surface area contributed by atoms with Crippen molar-refractivity contribution >= 4 is 5.69 Å². The number of hydrogen-bond donors (Lipinski definition) is 1. The van der Waals surface area contributed by atoms with Gasteiger partial charge in [0.25, 0.3) is 0 Å². The number of nitrogens with zero attached hydrogens (tertiary/aromatic N) is 1. The van der Waals surface area contributed by atoms with Gasteiger partial charge in [-0.1, -0.05) is 19.9 Å². The van der Waals surface area contributed by atoms with Gasteiger partial charge in [0.2, 0.25) is 0 Å². The SMILES string of the molecule is CC1(C)CCCN(CCNc2cccc(F)c2)CC1. The Bertz CT molecular complexity index is 403. The van der Waals surface area contributed by atoms with Crippen molar-refractivity contribution in [2.75, 3.05) is 31.5 Å². The standard InChI is InChI=1S/C16H25FN2/c1-16(2)7-4-10-19(11-8-16)12-9-18-15-6-3-5-14(17)13-15/h3,5-6,13,18H,4,7-12H2,1-2H3. The zero-order chi connectivity index (χ0) is 13.7. The molecule has 1 aromatic rings. The summed E-state index contributed by atoms with van der Waals surface area (Å²) in [6, 6.07) is 6.67. The number of anilines is 1. The van der Waals surface area contributed by atoms with Crippen molar-refractivity contribution < 1.29 is 4.39 Å². The van der Waals surface area contributed by atoms with Gasteiger partial charge in [-0.15, -0.1) is 0 Å². The highest BCUT2D eigenvalue weighted by Crippen LogP contribution is 2.29. The van der Waals surface area contributed by atoms with Gasteiger partial charge in [-0.25, -0.2) is 4.39 Å². The predicted octanol–water partition coefficient (Wildman–Crippen LogP) is 3.75. The molecule has 1 fully saturated rings. The van der Waals surface area contributed by atoms with Gasteiger partial charge in [-0.3, -0.25) is 0 Å². The summed E-state index contributed by atoms with van der Waals surface area (Å²) in [5.41, 5.74) is 1.36.